The van der Waals surface area contributed by atoms with Gasteiger partial charge >= 0.3 is 0 Å². The molecule has 0 bridgehead atoms. The molecule has 1 rings (SSSR count). The van der Waals surface area contributed by atoms with Crippen LogP contribution >= 0.6 is 24.0 Å². The fourth-order valence-electron chi connectivity index (χ4n) is 1.14. The molecule has 0 spiro atoms. The van der Waals surface area contributed by atoms with Gasteiger partial charge in [-0.3, -0.25) is 0 Å². The standard InChI is InChI=1S/C12H17NS2/c1-4-9(2)15-11-7-5-10(6-8-11)12(14)13-3/h5-9H,4H2,1-3H3,(H,13,14). The van der Waals surface area contributed by atoms with Crippen LogP contribution in [0.25, 0.3) is 0 Å². The van der Waals surface area contributed by atoms with Crippen molar-refractivity contribution in [1.82, 2.24) is 5.32 Å². The van der Waals surface area contributed by atoms with E-state index in [0.717, 1.165) is 10.6 Å². The topological polar surface area (TPSA) is 12.0 Å². The fraction of sp³-hybridized carbons (Fsp3) is 0.417. The molecule has 1 aromatic carbocycles. The summed E-state index contributed by atoms with van der Waals surface area (Å²) in [6.07, 6.45) is 1.20. The Labute approximate surface area is 102 Å². The molecule has 1 atom stereocenters. The summed E-state index contributed by atoms with van der Waals surface area (Å²) in [6, 6.07) is 8.42. The van der Waals surface area contributed by atoms with Gasteiger partial charge in [0.25, 0.3) is 0 Å². The zero-order valence-electron chi connectivity index (χ0n) is 9.41. The lowest BCUT2D eigenvalue weighted by Gasteiger charge is -2.09. The molecule has 1 nitrogen and oxygen atoms in total. The quantitative estimate of drug-likeness (QED) is 0.638. The number of rotatable bonds is 4. The van der Waals surface area contributed by atoms with Crippen LogP contribution in [0.1, 0.15) is 25.8 Å². The summed E-state index contributed by atoms with van der Waals surface area (Å²) in [4.78, 5) is 2.11. The minimum absolute atomic E-state index is 0.673. The van der Waals surface area contributed by atoms with Crippen molar-refractivity contribution in [1.29, 1.82) is 0 Å². The van der Waals surface area contributed by atoms with Gasteiger partial charge in [0.1, 0.15) is 4.99 Å². The molecule has 0 radical (unpaired) electrons. The summed E-state index contributed by atoms with van der Waals surface area (Å²) in [5, 5.41) is 3.65. The SMILES string of the molecule is CCC(C)Sc1ccc(C(=S)NC)cc1. The van der Waals surface area contributed by atoms with E-state index in [2.05, 4.69) is 43.4 Å². The van der Waals surface area contributed by atoms with Crippen LogP contribution in [-0.2, 0) is 0 Å². The highest BCUT2D eigenvalue weighted by Crippen LogP contribution is 2.25. The molecule has 3 heteroatoms. The van der Waals surface area contributed by atoms with E-state index in [1.54, 1.807) is 0 Å². The molecule has 0 aliphatic heterocycles. The minimum atomic E-state index is 0.673. The Balaban J connectivity index is 2.68. The molecule has 0 saturated carbocycles. The van der Waals surface area contributed by atoms with E-state index in [4.69, 9.17) is 12.2 Å². The predicted octanol–water partition coefficient (Wildman–Crippen LogP) is 3.47. The highest BCUT2D eigenvalue weighted by molar-refractivity contribution is 7.99. The second-order valence-corrected chi connectivity index (χ2v) is 5.36. The molecule has 1 N–H and O–H groups in total. The largest absolute Gasteiger partial charge is 0.379 e. The first-order chi connectivity index (χ1) is 7.17. The van der Waals surface area contributed by atoms with E-state index in [-0.39, 0.29) is 0 Å². The maximum Gasteiger partial charge on any atom is 0.106 e. The summed E-state index contributed by atoms with van der Waals surface area (Å²) in [5.41, 5.74) is 1.08. The highest BCUT2D eigenvalue weighted by atomic mass is 32.2. The summed E-state index contributed by atoms with van der Waals surface area (Å²) in [6.45, 7) is 4.46. The van der Waals surface area contributed by atoms with Crippen molar-refractivity contribution in [3.8, 4) is 0 Å². The third-order valence-corrected chi connectivity index (χ3v) is 3.98. The zero-order valence-corrected chi connectivity index (χ0v) is 11.0. The predicted molar refractivity (Wildman–Crippen MR) is 72.8 cm³/mol. The molecule has 0 aliphatic carbocycles. The second kappa shape index (κ2) is 6.13. The number of thiocarbonyl (C=S) groups is 1. The maximum absolute atomic E-state index is 5.16. The van der Waals surface area contributed by atoms with Crippen LogP contribution in [0, 0.1) is 0 Å². The number of hydrogen-bond acceptors (Lipinski definition) is 2. The van der Waals surface area contributed by atoms with Crippen molar-refractivity contribution in [2.75, 3.05) is 7.05 Å². The highest BCUT2D eigenvalue weighted by Gasteiger charge is 2.02. The minimum Gasteiger partial charge on any atom is -0.379 e. The van der Waals surface area contributed by atoms with Gasteiger partial charge in [-0.15, -0.1) is 11.8 Å². The smallest absolute Gasteiger partial charge is 0.106 e. The third-order valence-electron chi connectivity index (χ3n) is 2.26. The van der Waals surface area contributed by atoms with Crippen LogP contribution in [0.2, 0.25) is 0 Å². The monoisotopic (exact) mass is 239 g/mol. The average molecular weight is 239 g/mol. The Morgan fingerprint density at radius 2 is 2.00 bits per heavy atom. The number of thioether (sulfide) groups is 1. The lowest BCUT2D eigenvalue weighted by Crippen LogP contribution is -2.16. The Bertz CT molecular complexity index is 319. The van der Waals surface area contributed by atoms with Gasteiger partial charge in [-0.25, -0.2) is 0 Å². The molecule has 0 saturated heterocycles. The molecular formula is C12H17NS2. The van der Waals surface area contributed by atoms with Gasteiger partial charge in [-0.1, -0.05) is 38.2 Å². The van der Waals surface area contributed by atoms with E-state index >= 15 is 0 Å². The molecule has 1 aromatic rings. The Hall–Kier alpha value is -0.540. The number of benzene rings is 1. The molecule has 0 heterocycles. The number of hydrogen-bond donors (Lipinski definition) is 1. The van der Waals surface area contributed by atoms with Gasteiger partial charge in [0.05, 0.1) is 0 Å². The van der Waals surface area contributed by atoms with Crippen LogP contribution in [0.4, 0.5) is 0 Å². The normalized spacial score (nSPS) is 12.2. The summed E-state index contributed by atoms with van der Waals surface area (Å²) >= 11 is 7.07. The van der Waals surface area contributed by atoms with Crippen LogP contribution < -0.4 is 5.32 Å². The molecule has 0 amide bonds. The van der Waals surface area contributed by atoms with Crippen molar-refractivity contribution in [3.05, 3.63) is 29.8 Å². The molecule has 0 aromatic heterocycles. The first kappa shape index (κ1) is 12.5. The first-order valence-corrected chi connectivity index (χ1v) is 6.45. The van der Waals surface area contributed by atoms with Gasteiger partial charge in [0.15, 0.2) is 0 Å². The van der Waals surface area contributed by atoms with Crippen LogP contribution in [0.15, 0.2) is 29.2 Å². The summed E-state index contributed by atoms with van der Waals surface area (Å²) in [5.74, 6) is 0. The Kier molecular flexibility index (Phi) is 5.12. The van der Waals surface area contributed by atoms with Crippen LogP contribution in [0.5, 0.6) is 0 Å². The van der Waals surface area contributed by atoms with Gasteiger partial charge in [0.2, 0.25) is 0 Å². The van der Waals surface area contributed by atoms with Gasteiger partial charge < -0.3 is 5.32 Å². The summed E-state index contributed by atoms with van der Waals surface area (Å²) in [7, 11) is 1.85. The first-order valence-electron chi connectivity index (χ1n) is 5.16. The van der Waals surface area contributed by atoms with Crippen LogP contribution in [-0.4, -0.2) is 17.3 Å². The molecule has 0 aliphatic rings. The van der Waals surface area contributed by atoms with Gasteiger partial charge in [-0.2, -0.15) is 0 Å². The summed E-state index contributed by atoms with van der Waals surface area (Å²) < 4.78 is 0. The molecular weight excluding hydrogens is 222 g/mol. The van der Waals surface area contributed by atoms with Crippen molar-refractivity contribution < 1.29 is 0 Å². The van der Waals surface area contributed by atoms with Gasteiger partial charge in [0, 0.05) is 22.8 Å². The van der Waals surface area contributed by atoms with E-state index in [0.29, 0.717) is 5.25 Å². The number of nitrogens with one attached hydrogen (secondary N) is 1. The van der Waals surface area contributed by atoms with Crippen LogP contribution in [0.3, 0.4) is 0 Å². The van der Waals surface area contributed by atoms with E-state index in [1.165, 1.54) is 11.3 Å². The van der Waals surface area contributed by atoms with Crippen molar-refractivity contribution in [3.63, 3.8) is 0 Å². The van der Waals surface area contributed by atoms with Crippen molar-refractivity contribution in [2.24, 2.45) is 0 Å². The Morgan fingerprint density at radius 1 is 1.40 bits per heavy atom. The average Bonchev–Trinajstić information content (AvgIpc) is 2.29. The molecule has 1 unspecified atom stereocenters. The fourth-order valence-corrected chi connectivity index (χ4v) is 2.21. The molecule has 82 valence electrons. The van der Waals surface area contributed by atoms with E-state index in [9.17, 15) is 0 Å². The lowest BCUT2D eigenvalue weighted by molar-refractivity contribution is 0.905. The second-order valence-electron chi connectivity index (χ2n) is 3.44. The molecule has 0 fully saturated rings. The van der Waals surface area contributed by atoms with Crippen molar-refractivity contribution in [2.45, 2.75) is 30.4 Å². The van der Waals surface area contributed by atoms with E-state index in [1.807, 2.05) is 18.8 Å². The van der Waals surface area contributed by atoms with Crippen molar-refractivity contribution >= 4 is 29.0 Å². The van der Waals surface area contributed by atoms with E-state index < -0.39 is 0 Å². The zero-order chi connectivity index (χ0) is 11.3. The third kappa shape index (κ3) is 3.84. The lowest BCUT2D eigenvalue weighted by atomic mass is 10.2. The Morgan fingerprint density at radius 3 is 2.47 bits per heavy atom. The maximum atomic E-state index is 5.16. The van der Waals surface area contributed by atoms with Gasteiger partial charge in [-0.05, 0) is 18.6 Å². The molecule has 15 heavy (non-hydrogen) atoms.